The number of carbonyl (C=O) groups excluding carboxylic acids is 2. The maximum atomic E-state index is 12.2. The third kappa shape index (κ3) is 3.65. The van der Waals surface area contributed by atoms with Crippen LogP contribution in [0, 0.1) is 16.0 Å². The van der Waals surface area contributed by atoms with Crippen LogP contribution in [0.15, 0.2) is 18.2 Å². The molecule has 118 valence electrons. The maximum absolute atomic E-state index is 12.2. The number of non-ortho nitro benzene ring substituents is 1. The van der Waals surface area contributed by atoms with Crippen molar-refractivity contribution in [3.8, 4) is 0 Å². The van der Waals surface area contributed by atoms with Gasteiger partial charge in [-0.05, 0) is 17.9 Å². The van der Waals surface area contributed by atoms with E-state index in [-0.39, 0.29) is 22.6 Å². The Morgan fingerprint density at radius 2 is 2.23 bits per heavy atom. The summed E-state index contributed by atoms with van der Waals surface area (Å²) in [5, 5.41) is 11.0. The Balaban J connectivity index is 2.23. The lowest BCUT2D eigenvalue weighted by Crippen LogP contribution is -2.26. The van der Waals surface area contributed by atoms with Crippen molar-refractivity contribution in [2.45, 2.75) is 26.7 Å². The lowest BCUT2D eigenvalue weighted by molar-refractivity contribution is -0.384. The minimum atomic E-state index is -0.452. The van der Waals surface area contributed by atoms with Gasteiger partial charge in [-0.3, -0.25) is 19.7 Å². The van der Waals surface area contributed by atoms with E-state index in [9.17, 15) is 19.7 Å². The summed E-state index contributed by atoms with van der Waals surface area (Å²) in [4.78, 5) is 35.4. The van der Waals surface area contributed by atoms with Crippen LogP contribution in [0.25, 0.3) is 0 Å². The SMILES string of the molecule is CCc1ccc([N+](=O)[O-])cc1N1CC(CSC(C)=O)CC1=O. The molecule has 0 saturated carbocycles. The molecule has 0 N–H and O–H groups in total. The van der Waals surface area contributed by atoms with E-state index in [0.29, 0.717) is 30.8 Å². The Morgan fingerprint density at radius 1 is 1.50 bits per heavy atom. The number of aryl methyl sites for hydroxylation is 1. The van der Waals surface area contributed by atoms with Gasteiger partial charge in [0.25, 0.3) is 5.69 Å². The Hall–Kier alpha value is -1.89. The second-order valence-electron chi connectivity index (χ2n) is 5.30. The average molecular weight is 322 g/mol. The number of carbonyl (C=O) groups is 2. The monoisotopic (exact) mass is 322 g/mol. The van der Waals surface area contributed by atoms with Crippen molar-refractivity contribution in [1.29, 1.82) is 0 Å². The van der Waals surface area contributed by atoms with E-state index in [1.807, 2.05) is 6.92 Å². The van der Waals surface area contributed by atoms with Crippen LogP contribution in [0.3, 0.4) is 0 Å². The second-order valence-corrected chi connectivity index (χ2v) is 6.50. The third-order valence-corrected chi connectivity index (χ3v) is 4.72. The molecule has 1 unspecified atom stereocenters. The van der Waals surface area contributed by atoms with Crippen LogP contribution in [-0.2, 0) is 16.0 Å². The standard InChI is InChI=1S/C15H18N2O4S/c1-3-12-4-5-13(17(20)21)7-14(12)16-8-11(6-15(16)19)9-22-10(2)18/h4-5,7,11H,3,6,8-9H2,1-2H3. The number of thioether (sulfide) groups is 1. The number of benzene rings is 1. The van der Waals surface area contributed by atoms with Gasteiger partial charge < -0.3 is 4.90 Å². The molecule has 1 aromatic rings. The van der Waals surface area contributed by atoms with Crippen molar-refractivity contribution in [2.75, 3.05) is 17.2 Å². The highest BCUT2D eigenvalue weighted by molar-refractivity contribution is 8.13. The fourth-order valence-corrected chi connectivity index (χ4v) is 3.27. The molecule has 1 aliphatic heterocycles. The van der Waals surface area contributed by atoms with Crippen molar-refractivity contribution in [3.63, 3.8) is 0 Å². The first-order chi connectivity index (χ1) is 10.4. The Kier molecular flexibility index (Phi) is 5.18. The number of hydrogen-bond acceptors (Lipinski definition) is 5. The number of rotatable bonds is 5. The van der Waals surface area contributed by atoms with E-state index in [2.05, 4.69) is 0 Å². The largest absolute Gasteiger partial charge is 0.312 e. The van der Waals surface area contributed by atoms with Gasteiger partial charge in [0.05, 0.1) is 10.6 Å². The first kappa shape index (κ1) is 16.5. The highest BCUT2D eigenvalue weighted by Crippen LogP contribution is 2.32. The number of nitro groups is 1. The van der Waals surface area contributed by atoms with E-state index in [0.717, 1.165) is 5.56 Å². The number of nitro benzene ring substituents is 1. The molecular formula is C15H18N2O4S. The van der Waals surface area contributed by atoms with Crippen LogP contribution < -0.4 is 4.90 Å². The number of nitrogens with zero attached hydrogens (tertiary/aromatic N) is 2. The van der Waals surface area contributed by atoms with Gasteiger partial charge in [-0.2, -0.15) is 0 Å². The minimum absolute atomic E-state index is 0.0124. The van der Waals surface area contributed by atoms with Gasteiger partial charge in [0, 0.05) is 37.8 Å². The summed E-state index contributed by atoms with van der Waals surface area (Å²) < 4.78 is 0. The predicted molar refractivity (Wildman–Crippen MR) is 86.1 cm³/mol. The third-order valence-electron chi connectivity index (χ3n) is 3.68. The zero-order valence-corrected chi connectivity index (χ0v) is 13.4. The molecule has 0 aromatic heterocycles. The lowest BCUT2D eigenvalue weighted by atomic mass is 10.1. The molecule has 0 bridgehead atoms. The number of amides is 1. The Labute approximate surface area is 133 Å². The van der Waals surface area contributed by atoms with Crippen LogP contribution >= 0.6 is 11.8 Å². The lowest BCUT2D eigenvalue weighted by Gasteiger charge is -2.19. The Bertz CT molecular complexity index is 618. The van der Waals surface area contributed by atoms with Crippen molar-refractivity contribution in [1.82, 2.24) is 0 Å². The van der Waals surface area contributed by atoms with Gasteiger partial charge in [-0.15, -0.1) is 0 Å². The average Bonchev–Trinajstić information content (AvgIpc) is 2.85. The smallest absolute Gasteiger partial charge is 0.271 e. The zero-order valence-electron chi connectivity index (χ0n) is 12.6. The number of hydrogen-bond donors (Lipinski definition) is 0. The van der Waals surface area contributed by atoms with Crippen LogP contribution in [-0.4, -0.2) is 28.2 Å². The van der Waals surface area contributed by atoms with Gasteiger partial charge in [0.2, 0.25) is 5.91 Å². The van der Waals surface area contributed by atoms with Crippen LogP contribution in [0.2, 0.25) is 0 Å². The summed E-state index contributed by atoms with van der Waals surface area (Å²) in [6.07, 6.45) is 1.08. The first-order valence-corrected chi connectivity index (χ1v) is 8.12. The highest BCUT2D eigenvalue weighted by Gasteiger charge is 2.32. The molecule has 22 heavy (non-hydrogen) atoms. The fourth-order valence-electron chi connectivity index (χ4n) is 2.58. The molecule has 7 heteroatoms. The van der Waals surface area contributed by atoms with Crippen LogP contribution in [0.5, 0.6) is 0 Å². The first-order valence-electron chi connectivity index (χ1n) is 7.13. The van der Waals surface area contributed by atoms with E-state index >= 15 is 0 Å². The summed E-state index contributed by atoms with van der Waals surface area (Å²) in [6.45, 7) is 3.97. The molecule has 1 saturated heterocycles. The summed E-state index contributed by atoms with van der Waals surface area (Å²) in [5.41, 5.74) is 1.53. The topological polar surface area (TPSA) is 80.5 Å². The second kappa shape index (κ2) is 6.91. The van der Waals surface area contributed by atoms with Gasteiger partial charge >= 0.3 is 0 Å². The normalized spacial score (nSPS) is 17.8. The molecule has 0 spiro atoms. The Morgan fingerprint density at radius 3 is 2.82 bits per heavy atom. The minimum Gasteiger partial charge on any atom is -0.312 e. The summed E-state index contributed by atoms with van der Waals surface area (Å²) in [5.74, 6) is 0.670. The summed E-state index contributed by atoms with van der Waals surface area (Å²) in [6, 6.07) is 4.64. The summed E-state index contributed by atoms with van der Waals surface area (Å²) in [7, 11) is 0. The van der Waals surface area contributed by atoms with Gasteiger partial charge in [0.1, 0.15) is 0 Å². The molecule has 1 atom stereocenters. The molecule has 1 heterocycles. The fraction of sp³-hybridized carbons (Fsp3) is 0.467. The van der Waals surface area contributed by atoms with Crippen molar-refractivity contribution in [2.24, 2.45) is 5.92 Å². The molecule has 0 aliphatic carbocycles. The van der Waals surface area contributed by atoms with E-state index in [1.54, 1.807) is 11.0 Å². The molecule has 1 fully saturated rings. The van der Waals surface area contributed by atoms with E-state index < -0.39 is 4.92 Å². The molecule has 1 amide bonds. The van der Waals surface area contributed by atoms with Crippen LogP contribution in [0.1, 0.15) is 25.8 Å². The molecule has 2 rings (SSSR count). The van der Waals surface area contributed by atoms with Crippen molar-refractivity contribution in [3.05, 3.63) is 33.9 Å². The molecule has 1 aliphatic rings. The quantitative estimate of drug-likeness (QED) is 0.615. The predicted octanol–water partition coefficient (Wildman–Crippen LogP) is 2.79. The molecular weight excluding hydrogens is 304 g/mol. The number of anilines is 1. The summed E-state index contributed by atoms with van der Waals surface area (Å²) >= 11 is 1.22. The van der Waals surface area contributed by atoms with E-state index in [4.69, 9.17) is 0 Å². The van der Waals surface area contributed by atoms with Crippen molar-refractivity contribution < 1.29 is 14.5 Å². The van der Waals surface area contributed by atoms with E-state index in [1.165, 1.54) is 30.8 Å². The highest BCUT2D eigenvalue weighted by atomic mass is 32.2. The molecule has 1 aromatic carbocycles. The molecule has 0 radical (unpaired) electrons. The maximum Gasteiger partial charge on any atom is 0.271 e. The van der Waals surface area contributed by atoms with Gasteiger partial charge in [0.15, 0.2) is 5.12 Å². The molecule has 6 nitrogen and oxygen atoms in total. The van der Waals surface area contributed by atoms with Crippen LogP contribution in [0.4, 0.5) is 11.4 Å². The van der Waals surface area contributed by atoms with Gasteiger partial charge in [-0.25, -0.2) is 0 Å². The van der Waals surface area contributed by atoms with Crippen molar-refractivity contribution >= 4 is 34.2 Å². The van der Waals surface area contributed by atoms with Gasteiger partial charge in [-0.1, -0.05) is 24.8 Å². The zero-order chi connectivity index (χ0) is 16.3.